The van der Waals surface area contributed by atoms with Gasteiger partial charge < -0.3 is 0 Å². The first kappa shape index (κ1) is 12.5. The van der Waals surface area contributed by atoms with E-state index >= 15 is 0 Å². The lowest BCUT2D eigenvalue weighted by Gasteiger charge is -2.00. The van der Waals surface area contributed by atoms with Gasteiger partial charge in [-0.25, -0.2) is 5.43 Å². The Kier molecular flexibility index (Phi) is 3.89. The summed E-state index contributed by atoms with van der Waals surface area (Å²) < 4.78 is 0. The predicted octanol–water partition coefficient (Wildman–Crippen LogP) is 3.13. The number of amides is 1. The summed E-state index contributed by atoms with van der Waals surface area (Å²) in [5.41, 5.74) is 5.94. The molecule has 0 bridgehead atoms. The molecule has 1 amide bonds. The molecule has 1 aromatic carbocycles. The number of benzene rings is 1. The third-order valence-corrected chi connectivity index (χ3v) is 3.52. The number of hydrazone groups is 1. The van der Waals surface area contributed by atoms with Gasteiger partial charge >= 0.3 is 0 Å². The normalized spacial score (nSPS) is 10.8. The van der Waals surface area contributed by atoms with Crippen LogP contribution in [-0.2, 0) is 0 Å². The smallest absolute Gasteiger partial charge is 0.266 e. The molecule has 0 fully saturated rings. The van der Waals surface area contributed by atoms with Crippen molar-refractivity contribution in [3.8, 4) is 0 Å². The summed E-state index contributed by atoms with van der Waals surface area (Å²) in [4.78, 5) is 12.3. The third kappa shape index (κ3) is 3.05. The van der Waals surface area contributed by atoms with Crippen molar-refractivity contribution >= 4 is 23.5 Å². The molecule has 4 heteroatoms. The fraction of sp³-hybridized carbons (Fsp3) is 0.143. The maximum Gasteiger partial charge on any atom is 0.281 e. The number of hydrogen-bond donors (Lipinski definition) is 1. The Morgan fingerprint density at radius 1 is 1.28 bits per heavy atom. The quantitative estimate of drug-likeness (QED) is 0.667. The fourth-order valence-electron chi connectivity index (χ4n) is 1.47. The molecule has 92 valence electrons. The van der Waals surface area contributed by atoms with Gasteiger partial charge in [-0.1, -0.05) is 24.3 Å². The molecule has 0 unspecified atom stereocenters. The van der Waals surface area contributed by atoms with E-state index in [0.29, 0.717) is 4.88 Å². The van der Waals surface area contributed by atoms with Crippen LogP contribution in [0.4, 0.5) is 0 Å². The average Bonchev–Trinajstić information content (AvgIpc) is 2.87. The zero-order valence-electron chi connectivity index (χ0n) is 10.3. The van der Waals surface area contributed by atoms with Gasteiger partial charge in [0.2, 0.25) is 0 Å². The molecule has 1 N–H and O–H groups in total. The number of rotatable bonds is 3. The second-order valence-corrected chi connectivity index (χ2v) is 4.97. The van der Waals surface area contributed by atoms with Crippen LogP contribution in [-0.4, -0.2) is 12.1 Å². The summed E-state index contributed by atoms with van der Waals surface area (Å²) in [7, 11) is 0. The van der Waals surface area contributed by atoms with E-state index in [1.165, 1.54) is 22.5 Å². The topological polar surface area (TPSA) is 41.5 Å². The molecule has 1 heterocycles. The first-order valence-corrected chi connectivity index (χ1v) is 6.49. The minimum Gasteiger partial charge on any atom is -0.266 e. The SMILES string of the molecule is Cc1ccc(/C=N\NC(=O)c2cccs2)cc1C. The molecule has 18 heavy (non-hydrogen) atoms. The minimum absolute atomic E-state index is 0.176. The lowest BCUT2D eigenvalue weighted by atomic mass is 10.1. The molecule has 0 atom stereocenters. The standard InChI is InChI=1S/C14H14N2OS/c1-10-5-6-12(8-11(10)2)9-15-16-14(17)13-4-3-7-18-13/h3-9H,1-2H3,(H,16,17)/b15-9-. The minimum atomic E-state index is -0.176. The summed E-state index contributed by atoms with van der Waals surface area (Å²) in [6.07, 6.45) is 1.65. The van der Waals surface area contributed by atoms with Crippen LogP contribution in [0.3, 0.4) is 0 Å². The van der Waals surface area contributed by atoms with Gasteiger partial charge in [0, 0.05) is 0 Å². The number of thiophene rings is 1. The molecule has 3 nitrogen and oxygen atoms in total. The average molecular weight is 258 g/mol. The number of hydrogen-bond acceptors (Lipinski definition) is 3. The van der Waals surface area contributed by atoms with Crippen LogP contribution in [0.1, 0.15) is 26.4 Å². The molecule has 1 aromatic heterocycles. The number of carbonyl (C=O) groups excluding carboxylic acids is 1. The molecular weight excluding hydrogens is 244 g/mol. The third-order valence-electron chi connectivity index (χ3n) is 2.66. The van der Waals surface area contributed by atoms with Crippen LogP contribution in [0.15, 0.2) is 40.8 Å². The van der Waals surface area contributed by atoms with Gasteiger partial charge in [-0.15, -0.1) is 11.3 Å². The Hall–Kier alpha value is -1.94. The maximum absolute atomic E-state index is 11.6. The van der Waals surface area contributed by atoms with Crippen molar-refractivity contribution in [1.82, 2.24) is 5.43 Å². The number of carbonyl (C=O) groups is 1. The molecule has 0 aliphatic heterocycles. The van der Waals surface area contributed by atoms with Crippen LogP contribution in [0.25, 0.3) is 0 Å². The molecule has 2 aromatic rings. The summed E-state index contributed by atoms with van der Waals surface area (Å²) in [6, 6.07) is 9.66. The van der Waals surface area contributed by atoms with Crippen molar-refractivity contribution in [2.24, 2.45) is 5.10 Å². The predicted molar refractivity (Wildman–Crippen MR) is 75.3 cm³/mol. The van der Waals surface area contributed by atoms with E-state index < -0.39 is 0 Å². The Morgan fingerprint density at radius 2 is 2.11 bits per heavy atom. The molecule has 0 saturated heterocycles. The van der Waals surface area contributed by atoms with E-state index in [2.05, 4.69) is 24.4 Å². The van der Waals surface area contributed by atoms with E-state index in [0.717, 1.165) is 5.56 Å². The van der Waals surface area contributed by atoms with Crippen molar-refractivity contribution < 1.29 is 4.79 Å². The summed E-state index contributed by atoms with van der Waals surface area (Å²) in [5, 5.41) is 5.81. The Balaban J connectivity index is 1.99. The Bertz CT molecular complexity index is 573. The second kappa shape index (κ2) is 5.60. The number of nitrogens with one attached hydrogen (secondary N) is 1. The second-order valence-electron chi connectivity index (χ2n) is 4.02. The summed E-state index contributed by atoms with van der Waals surface area (Å²) >= 11 is 1.40. The fourth-order valence-corrected chi connectivity index (χ4v) is 2.09. The largest absolute Gasteiger partial charge is 0.281 e. The highest BCUT2D eigenvalue weighted by molar-refractivity contribution is 7.12. The van der Waals surface area contributed by atoms with Gasteiger partial charge in [0.1, 0.15) is 0 Å². The van der Waals surface area contributed by atoms with Gasteiger partial charge in [0.05, 0.1) is 11.1 Å². The Morgan fingerprint density at radius 3 is 2.78 bits per heavy atom. The zero-order valence-corrected chi connectivity index (χ0v) is 11.1. The number of aryl methyl sites for hydroxylation is 2. The van der Waals surface area contributed by atoms with Crippen molar-refractivity contribution in [3.63, 3.8) is 0 Å². The number of nitrogens with zero attached hydrogens (tertiary/aromatic N) is 1. The van der Waals surface area contributed by atoms with E-state index in [4.69, 9.17) is 0 Å². The molecule has 2 rings (SSSR count). The highest BCUT2D eigenvalue weighted by atomic mass is 32.1. The van der Waals surface area contributed by atoms with Crippen molar-refractivity contribution in [1.29, 1.82) is 0 Å². The van der Waals surface area contributed by atoms with Crippen molar-refractivity contribution in [3.05, 3.63) is 57.3 Å². The highest BCUT2D eigenvalue weighted by Gasteiger charge is 2.03. The van der Waals surface area contributed by atoms with Gasteiger partial charge in [-0.3, -0.25) is 4.79 Å². The molecule has 0 saturated carbocycles. The molecular formula is C14H14N2OS. The summed E-state index contributed by atoms with van der Waals surface area (Å²) in [5.74, 6) is -0.176. The molecule has 0 spiro atoms. The lowest BCUT2D eigenvalue weighted by Crippen LogP contribution is -2.16. The molecule has 0 aliphatic rings. The van der Waals surface area contributed by atoms with E-state index in [9.17, 15) is 4.79 Å². The van der Waals surface area contributed by atoms with Crippen molar-refractivity contribution in [2.45, 2.75) is 13.8 Å². The van der Waals surface area contributed by atoms with Crippen molar-refractivity contribution in [2.75, 3.05) is 0 Å². The van der Waals surface area contributed by atoms with Crippen LogP contribution < -0.4 is 5.43 Å². The molecule has 0 aliphatic carbocycles. The van der Waals surface area contributed by atoms with E-state index in [1.807, 2.05) is 29.6 Å². The van der Waals surface area contributed by atoms with E-state index in [1.54, 1.807) is 12.3 Å². The van der Waals surface area contributed by atoms with Crippen LogP contribution in [0, 0.1) is 13.8 Å². The first-order valence-electron chi connectivity index (χ1n) is 5.61. The van der Waals surface area contributed by atoms with Gasteiger partial charge in [-0.05, 0) is 42.0 Å². The maximum atomic E-state index is 11.6. The summed E-state index contributed by atoms with van der Waals surface area (Å²) in [6.45, 7) is 4.12. The van der Waals surface area contributed by atoms with Gasteiger partial charge in [-0.2, -0.15) is 5.10 Å². The zero-order chi connectivity index (χ0) is 13.0. The molecule has 0 radical (unpaired) electrons. The van der Waals surface area contributed by atoms with Crippen LogP contribution in [0.5, 0.6) is 0 Å². The van der Waals surface area contributed by atoms with E-state index in [-0.39, 0.29) is 5.91 Å². The monoisotopic (exact) mass is 258 g/mol. The van der Waals surface area contributed by atoms with Gasteiger partial charge in [0.15, 0.2) is 0 Å². The Labute approximate surface area is 110 Å². The highest BCUT2D eigenvalue weighted by Crippen LogP contribution is 2.09. The lowest BCUT2D eigenvalue weighted by molar-refractivity contribution is 0.0959. The first-order chi connectivity index (χ1) is 8.66. The van der Waals surface area contributed by atoms with Gasteiger partial charge in [0.25, 0.3) is 5.91 Å². The van der Waals surface area contributed by atoms with Crippen LogP contribution >= 0.6 is 11.3 Å². The van der Waals surface area contributed by atoms with Crippen LogP contribution in [0.2, 0.25) is 0 Å².